The van der Waals surface area contributed by atoms with E-state index in [0.29, 0.717) is 23.7 Å². The first-order valence-corrected chi connectivity index (χ1v) is 10.5. The third-order valence-electron chi connectivity index (χ3n) is 5.33. The van der Waals surface area contributed by atoms with Crippen molar-refractivity contribution in [2.75, 3.05) is 12.0 Å². The van der Waals surface area contributed by atoms with Crippen molar-refractivity contribution in [3.8, 4) is 11.5 Å². The fourth-order valence-corrected chi connectivity index (χ4v) is 3.89. The number of hydrogen-bond donors (Lipinski definition) is 0. The molecule has 2 aromatic carbocycles. The van der Waals surface area contributed by atoms with Crippen molar-refractivity contribution >= 4 is 23.0 Å². The van der Waals surface area contributed by atoms with Crippen LogP contribution >= 0.6 is 11.6 Å². The highest BCUT2D eigenvalue weighted by atomic mass is 35.5. The Hall–Kier alpha value is -2.79. The van der Waals surface area contributed by atoms with Crippen molar-refractivity contribution in [2.24, 2.45) is 0 Å². The maximum absolute atomic E-state index is 14.2. The number of halogens is 2. The van der Waals surface area contributed by atoms with E-state index >= 15 is 0 Å². The average molecular weight is 427 g/mol. The molecule has 1 saturated carbocycles. The minimum atomic E-state index is -0.457. The minimum absolute atomic E-state index is 0.0973. The molecule has 0 spiro atoms. The van der Waals surface area contributed by atoms with E-state index in [9.17, 15) is 4.39 Å². The Bertz CT molecular complexity index is 994. The van der Waals surface area contributed by atoms with Crippen LogP contribution < -0.4 is 14.4 Å². The highest BCUT2D eigenvalue weighted by molar-refractivity contribution is 6.30. The van der Waals surface area contributed by atoms with Crippen molar-refractivity contribution in [2.45, 2.75) is 38.3 Å². The van der Waals surface area contributed by atoms with Gasteiger partial charge in [0.25, 0.3) is 0 Å². The molecule has 0 amide bonds. The summed E-state index contributed by atoms with van der Waals surface area (Å²) in [5, 5.41) is 0.0973. The zero-order chi connectivity index (χ0) is 20.9. The summed E-state index contributed by atoms with van der Waals surface area (Å²) < 4.78 is 26.0. The number of aromatic nitrogens is 1. The normalized spacial score (nSPS) is 14.0. The average Bonchev–Trinajstić information content (AvgIpc) is 3.28. The molecule has 1 aliphatic rings. The first-order chi connectivity index (χ1) is 14.6. The molecule has 1 aliphatic carbocycles. The van der Waals surface area contributed by atoms with Gasteiger partial charge < -0.3 is 14.4 Å². The van der Waals surface area contributed by atoms with Crippen LogP contribution in [0.3, 0.4) is 0 Å². The molecule has 0 atom stereocenters. The molecule has 0 unspecified atom stereocenters. The summed E-state index contributed by atoms with van der Waals surface area (Å²) in [7, 11) is 1.64. The van der Waals surface area contributed by atoms with Crippen LogP contribution in [0.25, 0.3) is 0 Å². The molecule has 1 heterocycles. The molecule has 30 heavy (non-hydrogen) atoms. The summed E-state index contributed by atoms with van der Waals surface area (Å²) >= 11 is 5.91. The fraction of sp³-hybridized carbons (Fsp3) is 0.292. The van der Waals surface area contributed by atoms with E-state index < -0.39 is 5.82 Å². The van der Waals surface area contributed by atoms with Gasteiger partial charge in [-0.2, -0.15) is 0 Å². The van der Waals surface area contributed by atoms with Crippen molar-refractivity contribution in [3.05, 3.63) is 77.3 Å². The maximum Gasteiger partial charge on any atom is 0.163 e. The number of benzene rings is 2. The zero-order valence-corrected chi connectivity index (χ0v) is 17.6. The van der Waals surface area contributed by atoms with Crippen LogP contribution in [0, 0.1) is 5.82 Å². The molecule has 4 nitrogen and oxygen atoms in total. The highest BCUT2D eigenvalue weighted by Crippen LogP contribution is 2.38. The SMILES string of the molecule is COc1ccc(N(Cc2cccnc2)c2ccc(Cl)c(F)c2)cc1OC1CCCC1. The van der Waals surface area contributed by atoms with E-state index in [4.69, 9.17) is 21.1 Å². The molecule has 0 N–H and O–H groups in total. The Morgan fingerprint density at radius 1 is 1.07 bits per heavy atom. The Kier molecular flexibility index (Phi) is 6.38. The van der Waals surface area contributed by atoms with E-state index in [1.807, 2.05) is 41.3 Å². The molecule has 156 valence electrons. The Morgan fingerprint density at radius 3 is 2.53 bits per heavy atom. The van der Waals surface area contributed by atoms with Crippen molar-refractivity contribution in [3.63, 3.8) is 0 Å². The smallest absolute Gasteiger partial charge is 0.163 e. The quantitative estimate of drug-likeness (QED) is 0.429. The van der Waals surface area contributed by atoms with Gasteiger partial charge in [0.2, 0.25) is 0 Å². The Morgan fingerprint density at radius 2 is 1.83 bits per heavy atom. The third kappa shape index (κ3) is 4.68. The van der Waals surface area contributed by atoms with Crippen LogP contribution in [-0.2, 0) is 6.54 Å². The number of rotatable bonds is 7. The lowest BCUT2D eigenvalue weighted by atomic mass is 10.1. The van der Waals surface area contributed by atoms with E-state index in [1.165, 1.54) is 18.9 Å². The summed E-state index contributed by atoms with van der Waals surface area (Å²) in [5.41, 5.74) is 2.56. The van der Waals surface area contributed by atoms with E-state index in [-0.39, 0.29) is 11.1 Å². The van der Waals surface area contributed by atoms with Gasteiger partial charge in [-0.25, -0.2) is 4.39 Å². The number of hydrogen-bond acceptors (Lipinski definition) is 4. The highest BCUT2D eigenvalue weighted by Gasteiger charge is 2.20. The molecule has 0 saturated heterocycles. The summed E-state index contributed by atoms with van der Waals surface area (Å²) in [4.78, 5) is 6.21. The molecule has 0 aliphatic heterocycles. The van der Waals surface area contributed by atoms with E-state index in [0.717, 1.165) is 24.1 Å². The van der Waals surface area contributed by atoms with Crippen molar-refractivity contribution in [1.29, 1.82) is 0 Å². The van der Waals surface area contributed by atoms with Gasteiger partial charge in [-0.1, -0.05) is 17.7 Å². The van der Waals surface area contributed by atoms with Crippen LogP contribution in [-0.4, -0.2) is 18.2 Å². The lowest BCUT2D eigenvalue weighted by Crippen LogP contribution is -2.18. The molecule has 0 bridgehead atoms. The van der Waals surface area contributed by atoms with Gasteiger partial charge in [0.15, 0.2) is 11.5 Å². The predicted octanol–water partition coefficient (Wildman–Crippen LogP) is 6.54. The van der Waals surface area contributed by atoms with Crippen LogP contribution in [0.4, 0.5) is 15.8 Å². The summed E-state index contributed by atoms with van der Waals surface area (Å²) in [6, 6.07) is 14.5. The number of ether oxygens (including phenoxy) is 2. The summed E-state index contributed by atoms with van der Waals surface area (Å²) in [6.07, 6.45) is 8.21. The molecular weight excluding hydrogens is 403 g/mol. The minimum Gasteiger partial charge on any atom is -0.493 e. The van der Waals surface area contributed by atoms with Gasteiger partial charge in [-0.3, -0.25) is 4.98 Å². The molecule has 6 heteroatoms. The van der Waals surface area contributed by atoms with Crippen LogP contribution in [0.2, 0.25) is 5.02 Å². The molecule has 0 radical (unpaired) electrons. The van der Waals surface area contributed by atoms with Crippen molar-refractivity contribution < 1.29 is 13.9 Å². The van der Waals surface area contributed by atoms with Gasteiger partial charge in [0.05, 0.1) is 18.2 Å². The van der Waals surface area contributed by atoms with Crippen LogP contribution in [0.15, 0.2) is 60.9 Å². The zero-order valence-electron chi connectivity index (χ0n) is 16.9. The summed E-state index contributed by atoms with van der Waals surface area (Å²) in [5.74, 6) is 0.933. The third-order valence-corrected chi connectivity index (χ3v) is 5.64. The first kappa shape index (κ1) is 20.5. The van der Waals surface area contributed by atoms with Crippen LogP contribution in [0.1, 0.15) is 31.2 Å². The van der Waals surface area contributed by atoms with Gasteiger partial charge in [0, 0.05) is 36.4 Å². The van der Waals surface area contributed by atoms with Gasteiger partial charge in [0.1, 0.15) is 5.82 Å². The largest absolute Gasteiger partial charge is 0.493 e. The Balaban J connectivity index is 1.72. The van der Waals surface area contributed by atoms with Crippen LogP contribution in [0.5, 0.6) is 11.5 Å². The Labute approximate surface area is 181 Å². The first-order valence-electron chi connectivity index (χ1n) is 10.1. The predicted molar refractivity (Wildman–Crippen MR) is 117 cm³/mol. The van der Waals surface area contributed by atoms with Gasteiger partial charge in [-0.15, -0.1) is 0 Å². The molecular formula is C24H24ClFN2O2. The molecule has 3 aromatic rings. The second-order valence-electron chi connectivity index (χ2n) is 7.41. The van der Waals surface area contributed by atoms with E-state index in [1.54, 1.807) is 25.6 Å². The second-order valence-corrected chi connectivity index (χ2v) is 7.81. The maximum atomic E-state index is 14.2. The monoisotopic (exact) mass is 426 g/mol. The topological polar surface area (TPSA) is 34.6 Å². The molecule has 1 aromatic heterocycles. The fourth-order valence-electron chi connectivity index (χ4n) is 3.77. The molecule has 4 rings (SSSR count). The second kappa shape index (κ2) is 9.35. The lowest BCUT2D eigenvalue weighted by molar-refractivity contribution is 0.201. The number of pyridine rings is 1. The van der Waals surface area contributed by atoms with Crippen molar-refractivity contribution in [1.82, 2.24) is 4.98 Å². The number of methoxy groups -OCH3 is 1. The van der Waals surface area contributed by atoms with Gasteiger partial charge >= 0.3 is 0 Å². The standard InChI is InChI=1S/C24H24ClFN2O2/c1-29-23-11-9-19(14-24(23)30-20-6-2-3-7-20)28(16-17-5-4-12-27-15-17)18-8-10-21(25)22(26)13-18/h4-5,8-15,20H,2-3,6-7,16H2,1H3. The number of nitrogens with zero attached hydrogens (tertiary/aromatic N) is 2. The number of anilines is 2. The summed E-state index contributed by atoms with van der Waals surface area (Å²) in [6.45, 7) is 0.518. The lowest BCUT2D eigenvalue weighted by Gasteiger charge is -2.27. The molecule has 1 fully saturated rings. The van der Waals surface area contributed by atoms with Gasteiger partial charge in [-0.05, 0) is 67.6 Å². The van der Waals surface area contributed by atoms with E-state index in [2.05, 4.69) is 4.98 Å².